The molecule has 0 saturated carbocycles. The third-order valence-electron chi connectivity index (χ3n) is 4.30. The minimum absolute atomic E-state index is 0.281. The highest BCUT2D eigenvalue weighted by Crippen LogP contribution is 2.27. The Bertz CT molecular complexity index is 192. The topological polar surface area (TPSA) is 32.5 Å². The summed E-state index contributed by atoms with van der Waals surface area (Å²) >= 11 is 0. The summed E-state index contributed by atoms with van der Waals surface area (Å²) < 4.78 is 0. The van der Waals surface area contributed by atoms with Crippen molar-refractivity contribution in [3.05, 3.63) is 0 Å². The lowest BCUT2D eigenvalue weighted by molar-refractivity contribution is 0.0256. The molecule has 17 heavy (non-hydrogen) atoms. The van der Waals surface area contributed by atoms with E-state index in [9.17, 15) is 0 Å². The monoisotopic (exact) mass is 241 g/mol. The molecule has 102 valence electrons. The third-order valence-corrected chi connectivity index (χ3v) is 4.30. The van der Waals surface area contributed by atoms with Gasteiger partial charge in [-0.15, -0.1) is 0 Å². The van der Waals surface area contributed by atoms with E-state index in [-0.39, 0.29) is 5.54 Å². The van der Waals surface area contributed by atoms with Crippen LogP contribution in [0.3, 0.4) is 0 Å². The fraction of sp³-hybridized carbons (Fsp3) is 1.00. The molecule has 1 fully saturated rings. The second-order valence-corrected chi connectivity index (χ2v) is 5.35. The minimum atomic E-state index is 0.281. The maximum Gasteiger partial charge on any atom is 0.0332 e. The Labute approximate surface area is 107 Å². The van der Waals surface area contributed by atoms with Gasteiger partial charge < -0.3 is 10.6 Å². The molecule has 0 aromatic heterocycles. The van der Waals surface area contributed by atoms with E-state index >= 15 is 0 Å². The van der Waals surface area contributed by atoms with Crippen molar-refractivity contribution in [1.29, 1.82) is 0 Å². The van der Waals surface area contributed by atoms with Crippen LogP contribution >= 0.6 is 0 Å². The number of hydrogen-bond donors (Lipinski definition) is 1. The molecule has 1 rings (SSSR count). The Kier molecular flexibility index (Phi) is 6.45. The van der Waals surface area contributed by atoms with Gasteiger partial charge in [-0.3, -0.25) is 4.90 Å². The lowest BCUT2D eigenvalue weighted by Gasteiger charge is -2.47. The van der Waals surface area contributed by atoms with Crippen LogP contribution < -0.4 is 5.73 Å². The Morgan fingerprint density at radius 3 is 1.82 bits per heavy atom. The standard InChI is InChI=1S/C14H31N3/c1-4-7-14(13-15,8-5-2)17-11-9-16(6-3)10-12-17/h4-13,15H2,1-3H3. The van der Waals surface area contributed by atoms with Crippen LogP contribution in [0.5, 0.6) is 0 Å². The molecule has 3 nitrogen and oxygen atoms in total. The van der Waals surface area contributed by atoms with Crippen LogP contribution in [-0.4, -0.2) is 54.6 Å². The summed E-state index contributed by atoms with van der Waals surface area (Å²) in [4.78, 5) is 5.21. The quantitative estimate of drug-likeness (QED) is 0.739. The second-order valence-electron chi connectivity index (χ2n) is 5.35. The van der Waals surface area contributed by atoms with Gasteiger partial charge in [0.2, 0.25) is 0 Å². The smallest absolute Gasteiger partial charge is 0.0332 e. The van der Waals surface area contributed by atoms with E-state index in [4.69, 9.17) is 5.73 Å². The number of piperazine rings is 1. The van der Waals surface area contributed by atoms with Crippen LogP contribution in [0, 0.1) is 0 Å². The molecule has 0 bridgehead atoms. The summed E-state index contributed by atoms with van der Waals surface area (Å²) in [6.07, 6.45) is 4.99. The number of likely N-dealkylation sites (N-methyl/N-ethyl adjacent to an activating group) is 1. The van der Waals surface area contributed by atoms with Crippen molar-refractivity contribution in [3.63, 3.8) is 0 Å². The van der Waals surface area contributed by atoms with Gasteiger partial charge in [0.1, 0.15) is 0 Å². The highest BCUT2D eigenvalue weighted by Gasteiger charge is 2.35. The van der Waals surface area contributed by atoms with Gasteiger partial charge in [-0.2, -0.15) is 0 Å². The Hall–Kier alpha value is -0.120. The molecule has 0 spiro atoms. The van der Waals surface area contributed by atoms with E-state index in [1.54, 1.807) is 0 Å². The first-order valence-corrected chi connectivity index (χ1v) is 7.39. The summed E-state index contributed by atoms with van der Waals surface area (Å²) in [6, 6.07) is 0. The van der Waals surface area contributed by atoms with Gasteiger partial charge in [0.05, 0.1) is 0 Å². The van der Waals surface area contributed by atoms with Crippen LogP contribution in [0.1, 0.15) is 46.5 Å². The zero-order valence-corrected chi connectivity index (χ0v) is 12.0. The molecule has 1 aliphatic rings. The number of rotatable bonds is 7. The predicted octanol–water partition coefficient (Wildman–Crippen LogP) is 1.92. The van der Waals surface area contributed by atoms with Crippen molar-refractivity contribution in [2.24, 2.45) is 5.73 Å². The molecule has 2 N–H and O–H groups in total. The fourth-order valence-electron chi connectivity index (χ4n) is 3.24. The van der Waals surface area contributed by atoms with Crippen LogP contribution in [0.15, 0.2) is 0 Å². The molecule has 0 aromatic carbocycles. The Morgan fingerprint density at radius 1 is 0.941 bits per heavy atom. The van der Waals surface area contributed by atoms with E-state index in [0.717, 1.165) is 6.54 Å². The molecular weight excluding hydrogens is 210 g/mol. The molecule has 3 heteroatoms. The average Bonchev–Trinajstić information content (AvgIpc) is 2.38. The van der Waals surface area contributed by atoms with Crippen molar-refractivity contribution in [1.82, 2.24) is 9.80 Å². The summed E-state index contributed by atoms with van der Waals surface area (Å²) in [6.45, 7) is 13.6. The SMILES string of the molecule is CCCC(CN)(CCC)N1CCN(CC)CC1. The molecule has 0 aromatic rings. The Balaban J connectivity index is 2.63. The maximum atomic E-state index is 6.12. The molecule has 0 unspecified atom stereocenters. The first-order chi connectivity index (χ1) is 8.22. The molecule has 1 heterocycles. The van der Waals surface area contributed by atoms with Crippen LogP contribution in [0.4, 0.5) is 0 Å². The highest BCUT2D eigenvalue weighted by atomic mass is 15.3. The molecule has 0 radical (unpaired) electrons. The van der Waals surface area contributed by atoms with Gasteiger partial charge in [-0.05, 0) is 19.4 Å². The van der Waals surface area contributed by atoms with Crippen LogP contribution in [0.2, 0.25) is 0 Å². The summed E-state index contributed by atoms with van der Waals surface area (Å²) in [5.74, 6) is 0. The molecular formula is C14H31N3. The fourth-order valence-corrected chi connectivity index (χ4v) is 3.24. The van der Waals surface area contributed by atoms with Crippen LogP contribution in [-0.2, 0) is 0 Å². The first-order valence-electron chi connectivity index (χ1n) is 7.39. The van der Waals surface area contributed by atoms with Crippen molar-refractivity contribution >= 4 is 0 Å². The largest absolute Gasteiger partial charge is 0.329 e. The van der Waals surface area contributed by atoms with Crippen molar-refractivity contribution in [2.45, 2.75) is 52.0 Å². The van der Waals surface area contributed by atoms with E-state index < -0.39 is 0 Å². The summed E-state index contributed by atoms with van der Waals surface area (Å²) in [7, 11) is 0. The zero-order chi connectivity index (χ0) is 12.7. The molecule has 0 aliphatic carbocycles. The van der Waals surface area contributed by atoms with Gasteiger partial charge in [-0.1, -0.05) is 33.6 Å². The predicted molar refractivity (Wildman–Crippen MR) is 75.3 cm³/mol. The summed E-state index contributed by atoms with van der Waals surface area (Å²) in [5.41, 5.74) is 6.40. The van der Waals surface area contributed by atoms with Gasteiger partial charge in [0.25, 0.3) is 0 Å². The number of nitrogens with zero attached hydrogens (tertiary/aromatic N) is 2. The minimum Gasteiger partial charge on any atom is -0.329 e. The molecule has 0 atom stereocenters. The average molecular weight is 241 g/mol. The third kappa shape index (κ3) is 3.67. The van der Waals surface area contributed by atoms with Gasteiger partial charge >= 0.3 is 0 Å². The maximum absolute atomic E-state index is 6.12. The zero-order valence-electron chi connectivity index (χ0n) is 12.0. The van der Waals surface area contributed by atoms with E-state index in [2.05, 4.69) is 30.6 Å². The van der Waals surface area contributed by atoms with Gasteiger partial charge in [0, 0.05) is 38.3 Å². The van der Waals surface area contributed by atoms with Crippen LogP contribution in [0.25, 0.3) is 0 Å². The normalized spacial score (nSPS) is 19.8. The summed E-state index contributed by atoms with van der Waals surface area (Å²) in [5, 5.41) is 0. The molecule has 1 saturated heterocycles. The second kappa shape index (κ2) is 7.34. The Morgan fingerprint density at radius 2 is 1.47 bits per heavy atom. The number of hydrogen-bond acceptors (Lipinski definition) is 3. The first kappa shape index (κ1) is 14.9. The van der Waals surface area contributed by atoms with Crippen molar-refractivity contribution in [2.75, 3.05) is 39.3 Å². The van der Waals surface area contributed by atoms with Gasteiger partial charge in [0.15, 0.2) is 0 Å². The van der Waals surface area contributed by atoms with Crippen molar-refractivity contribution in [3.8, 4) is 0 Å². The lowest BCUT2D eigenvalue weighted by Crippen LogP contribution is -2.60. The lowest BCUT2D eigenvalue weighted by atomic mass is 9.86. The van der Waals surface area contributed by atoms with E-state index in [1.165, 1.54) is 58.4 Å². The number of nitrogens with two attached hydrogens (primary N) is 1. The highest BCUT2D eigenvalue weighted by molar-refractivity contribution is 4.93. The molecule has 1 aliphatic heterocycles. The van der Waals surface area contributed by atoms with E-state index in [1.807, 2.05) is 0 Å². The van der Waals surface area contributed by atoms with Crippen molar-refractivity contribution < 1.29 is 0 Å². The molecule has 0 amide bonds. The van der Waals surface area contributed by atoms with Gasteiger partial charge in [-0.25, -0.2) is 0 Å². The van der Waals surface area contributed by atoms with E-state index in [0.29, 0.717) is 0 Å².